The molecule has 0 aromatic carbocycles. The smallest absolute Gasteiger partial charge is 0.225 e. The molecule has 1 aliphatic carbocycles. The summed E-state index contributed by atoms with van der Waals surface area (Å²) in [6, 6.07) is 0.523. The summed E-state index contributed by atoms with van der Waals surface area (Å²) in [5, 5.41) is 0. The van der Waals surface area contributed by atoms with Gasteiger partial charge in [-0.05, 0) is 44.1 Å². The van der Waals surface area contributed by atoms with Crippen LogP contribution in [-0.4, -0.2) is 29.9 Å². The highest BCUT2D eigenvalue weighted by Gasteiger charge is 2.40. The molecule has 0 bridgehead atoms. The Hall–Kier alpha value is -0.570. The van der Waals surface area contributed by atoms with Gasteiger partial charge in [0.1, 0.15) is 0 Å². The van der Waals surface area contributed by atoms with Gasteiger partial charge in [0, 0.05) is 18.5 Å². The number of fused-ring (bicyclic) bond motifs is 1. The first-order valence-corrected chi connectivity index (χ1v) is 7.65. The van der Waals surface area contributed by atoms with E-state index in [-0.39, 0.29) is 5.92 Å². The molecule has 2 fully saturated rings. The fourth-order valence-corrected chi connectivity index (χ4v) is 3.84. The zero-order valence-corrected chi connectivity index (χ0v) is 11.9. The van der Waals surface area contributed by atoms with Gasteiger partial charge in [-0.15, -0.1) is 0 Å². The van der Waals surface area contributed by atoms with Gasteiger partial charge in [0.05, 0.1) is 0 Å². The van der Waals surface area contributed by atoms with Crippen molar-refractivity contribution in [2.24, 2.45) is 23.5 Å². The van der Waals surface area contributed by atoms with E-state index in [1.165, 1.54) is 32.1 Å². The highest BCUT2D eigenvalue weighted by atomic mass is 16.2. The van der Waals surface area contributed by atoms with E-state index in [1.54, 1.807) is 0 Å². The van der Waals surface area contributed by atoms with E-state index < -0.39 is 0 Å². The molecule has 0 aromatic rings. The second-order valence-corrected chi connectivity index (χ2v) is 6.29. The van der Waals surface area contributed by atoms with Gasteiger partial charge in [-0.2, -0.15) is 0 Å². The van der Waals surface area contributed by atoms with Crippen molar-refractivity contribution in [1.82, 2.24) is 4.90 Å². The number of nitrogens with two attached hydrogens (primary N) is 1. The maximum absolute atomic E-state index is 12.5. The van der Waals surface area contributed by atoms with Crippen LogP contribution in [0.15, 0.2) is 0 Å². The van der Waals surface area contributed by atoms with Crippen molar-refractivity contribution in [3.8, 4) is 0 Å². The summed E-state index contributed by atoms with van der Waals surface area (Å²) in [5.41, 5.74) is 5.58. The van der Waals surface area contributed by atoms with Gasteiger partial charge in [-0.25, -0.2) is 0 Å². The van der Waals surface area contributed by atoms with Gasteiger partial charge in [-0.1, -0.05) is 26.7 Å². The predicted molar refractivity (Wildman–Crippen MR) is 74.1 cm³/mol. The van der Waals surface area contributed by atoms with E-state index in [1.807, 2.05) is 6.92 Å². The molecule has 1 saturated heterocycles. The van der Waals surface area contributed by atoms with Crippen molar-refractivity contribution >= 4 is 5.91 Å². The lowest BCUT2D eigenvalue weighted by atomic mass is 9.72. The van der Waals surface area contributed by atoms with Gasteiger partial charge >= 0.3 is 0 Å². The average Bonchev–Trinajstić information content (AvgIpc) is 2.39. The molecule has 1 amide bonds. The van der Waals surface area contributed by atoms with Crippen LogP contribution in [0.25, 0.3) is 0 Å². The Morgan fingerprint density at radius 1 is 1.33 bits per heavy atom. The Morgan fingerprint density at radius 2 is 2.06 bits per heavy atom. The molecule has 0 spiro atoms. The summed E-state index contributed by atoms with van der Waals surface area (Å²) in [4.78, 5) is 14.7. The topological polar surface area (TPSA) is 46.3 Å². The SMILES string of the molecule is CC(CCN)C(=O)N1CCC(C)C2CCCCC21. The van der Waals surface area contributed by atoms with Crippen LogP contribution in [0.4, 0.5) is 0 Å². The van der Waals surface area contributed by atoms with Crippen LogP contribution in [-0.2, 0) is 4.79 Å². The van der Waals surface area contributed by atoms with Crippen molar-refractivity contribution in [2.75, 3.05) is 13.1 Å². The van der Waals surface area contributed by atoms with Gasteiger partial charge in [0.2, 0.25) is 5.91 Å². The summed E-state index contributed by atoms with van der Waals surface area (Å²) in [7, 11) is 0. The third-order valence-corrected chi connectivity index (χ3v) is 5.04. The fourth-order valence-electron chi connectivity index (χ4n) is 3.84. The van der Waals surface area contributed by atoms with Crippen LogP contribution in [0.3, 0.4) is 0 Å². The minimum atomic E-state index is 0.103. The molecule has 3 nitrogen and oxygen atoms in total. The Bertz CT molecular complexity index is 292. The highest BCUT2D eigenvalue weighted by molar-refractivity contribution is 5.79. The second kappa shape index (κ2) is 6.05. The van der Waals surface area contributed by atoms with Crippen molar-refractivity contribution in [3.63, 3.8) is 0 Å². The molecule has 2 N–H and O–H groups in total. The monoisotopic (exact) mass is 252 g/mol. The average molecular weight is 252 g/mol. The summed E-state index contributed by atoms with van der Waals surface area (Å²) in [6.07, 6.45) is 7.19. The number of piperidine rings is 1. The highest BCUT2D eigenvalue weighted by Crippen LogP contribution is 2.39. The van der Waals surface area contributed by atoms with Crippen LogP contribution in [0.1, 0.15) is 52.4 Å². The Balaban J connectivity index is 2.05. The van der Waals surface area contributed by atoms with Crippen molar-refractivity contribution in [1.29, 1.82) is 0 Å². The summed E-state index contributed by atoms with van der Waals surface area (Å²) in [5.74, 6) is 2.00. The number of hydrogen-bond donors (Lipinski definition) is 1. The molecule has 104 valence electrons. The second-order valence-electron chi connectivity index (χ2n) is 6.29. The van der Waals surface area contributed by atoms with Crippen molar-refractivity contribution < 1.29 is 4.79 Å². The summed E-state index contributed by atoms with van der Waals surface area (Å²) in [6.45, 7) is 5.99. The number of nitrogens with zero attached hydrogens (tertiary/aromatic N) is 1. The fraction of sp³-hybridized carbons (Fsp3) is 0.933. The molecule has 1 saturated carbocycles. The maximum atomic E-state index is 12.5. The molecule has 2 rings (SSSR count). The molecule has 4 unspecified atom stereocenters. The predicted octanol–water partition coefficient (Wildman–Crippen LogP) is 2.40. The summed E-state index contributed by atoms with van der Waals surface area (Å²) >= 11 is 0. The standard InChI is InChI=1S/C15H28N2O/c1-11-8-10-17(15(18)12(2)7-9-16)14-6-4-3-5-13(11)14/h11-14H,3-10,16H2,1-2H3. The molecule has 0 aromatic heterocycles. The number of amides is 1. The minimum absolute atomic E-state index is 0.103. The van der Waals surface area contributed by atoms with Crippen molar-refractivity contribution in [2.45, 2.75) is 58.4 Å². The third kappa shape index (κ3) is 2.71. The molecule has 0 radical (unpaired) electrons. The number of carbonyl (C=O) groups is 1. The lowest BCUT2D eigenvalue weighted by Crippen LogP contribution is -2.53. The van der Waals surface area contributed by atoms with Crippen molar-refractivity contribution in [3.05, 3.63) is 0 Å². The molecule has 4 atom stereocenters. The minimum Gasteiger partial charge on any atom is -0.339 e. The molecular weight excluding hydrogens is 224 g/mol. The number of hydrogen-bond acceptors (Lipinski definition) is 2. The molecule has 1 heterocycles. The zero-order chi connectivity index (χ0) is 13.1. The van der Waals surface area contributed by atoms with Crippen LogP contribution < -0.4 is 5.73 Å². The lowest BCUT2D eigenvalue weighted by molar-refractivity contribution is -0.143. The first-order chi connectivity index (χ1) is 8.65. The largest absolute Gasteiger partial charge is 0.339 e. The molecule has 1 aliphatic heterocycles. The first-order valence-electron chi connectivity index (χ1n) is 7.65. The van der Waals surface area contributed by atoms with E-state index in [2.05, 4.69) is 11.8 Å². The van der Waals surface area contributed by atoms with Gasteiger partial charge in [0.15, 0.2) is 0 Å². The van der Waals surface area contributed by atoms with E-state index in [0.717, 1.165) is 24.8 Å². The summed E-state index contributed by atoms with van der Waals surface area (Å²) < 4.78 is 0. The number of likely N-dealkylation sites (tertiary alicyclic amines) is 1. The normalized spacial score (nSPS) is 33.9. The van der Waals surface area contributed by atoms with E-state index in [9.17, 15) is 4.79 Å². The van der Waals surface area contributed by atoms with Crippen LogP contribution in [0, 0.1) is 17.8 Å². The van der Waals surface area contributed by atoms with E-state index in [4.69, 9.17) is 5.73 Å². The maximum Gasteiger partial charge on any atom is 0.225 e. The lowest BCUT2D eigenvalue weighted by Gasteiger charge is -2.48. The number of carbonyl (C=O) groups excluding carboxylic acids is 1. The zero-order valence-electron chi connectivity index (χ0n) is 11.9. The molecule has 3 heteroatoms. The Labute approximate surface area is 111 Å². The van der Waals surface area contributed by atoms with Crippen LogP contribution in [0.5, 0.6) is 0 Å². The first kappa shape index (κ1) is 13.9. The third-order valence-electron chi connectivity index (χ3n) is 5.04. The van der Waals surface area contributed by atoms with E-state index >= 15 is 0 Å². The Morgan fingerprint density at radius 3 is 2.78 bits per heavy atom. The number of rotatable bonds is 3. The quantitative estimate of drug-likeness (QED) is 0.838. The van der Waals surface area contributed by atoms with Gasteiger partial charge < -0.3 is 10.6 Å². The molecular formula is C15H28N2O. The van der Waals surface area contributed by atoms with Gasteiger partial charge in [0.25, 0.3) is 0 Å². The van der Waals surface area contributed by atoms with E-state index in [0.29, 0.717) is 18.5 Å². The van der Waals surface area contributed by atoms with Gasteiger partial charge in [-0.3, -0.25) is 4.79 Å². The molecule has 2 aliphatic rings. The molecule has 18 heavy (non-hydrogen) atoms. The van der Waals surface area contributed by atoms with Crippen LogP contribution >= 0.6 is 0 Å². The van der Waals surface area contributed by atoms with Crippen LogP contribution in [0.2, 0.25) is 0 Å². The Kier molecular flexibility index (Phi) is 4.66.